The van der Waals surface area contributed by atoms with Gasteiger partial charge in [-0.25, -0.2) is 0 Å². The molecular weight excluding hydrogens is 675 g/mol. The molecule has 0 fully saturated rings. The Hall–Kier alpha value is -1.12. The van der Waals surface area contributed by atoms with Crippen molar-refractivity contribution in [1.29, 1.82) is 5.26 Å². The first kappa shape index (κ1) is 20.6. The van der Waals surface area contributed by atoms with Crippen molar-refractivity contribution in [3.63, 3.8) is 0 Å². The first-order valence-electron chi connectivity index (χ1n) is 8.10. The molecule has 5 heteroatoms. The number of allylic oxidation sites excluding steroid dienone is 1. The van der Waals surface area contributed by atoms with Gasteiger partial charge in [-0.15, -0.1) is 0 Å². The fraction of sp³-hybridized carbons (Fsp3) is 0.0455. The van der Waals surface area contributed by atoms with Crippen LogP contribution >= 0.6 is 67.8 Å². The average Bonchev–Trinajstić information content (AvgIpc) is 2.67. The molecule has 0 unspecified atom stereocenters. The molecule has 0 aliphatic heterocycles. The molecule has 0 bridgehead atoms. The van der Waals surface area contributed by atoms with Gasteiger partial charge in [0.05, 0.1) is 18.8 Å². The van der Waals surface area contributed by atoms with Crippen molar-refractivity contribution < 1.29 is 4.74 Å². The molecule has 0 heterocycles. The standard InChI is InChI=1S/C22H14I3NO/c23-19-8-6-17(7-9-19)18(13-26)10-16-11-20(24)22(21(25)12-16)27-14-15-4-2-1-3-5-15/h1-12H,14H2/b18-10-. The van der Waals surface area contributed by atoms with E-state index in [4.69, 9.17) is 4.74 Å². The summed E-state index contributed by atoms with van der Waals surface area (Å²) in [7, 11) is 0. The predicted octanol–water partition coefficient (Wildman–Crippen LogP) is 7.14. The Labute approximate surface area is 200 Å². The second-order valence-corrected chi connectivity index (χ2v) is 9.33. The highest BCUT2D eigenvalue weighted by Crippen LogP contribution is 2.31. The molecule has 3 aromatic carbocycles. The third kappa shape index (κ3) is 5.68. The van der Waals surface area contributed by atoms with Crippen LogP contribution in [0.25, 0.3) is 11.6 Å². The largest absolute Gasteiger partial charge is 0.487 e. The van der Waals surface area contributed by atoms with Crippen LogP contribution in [0.2, 0.25) is 0 Å². The average molecular weight is 689 g/mol. The lowest BCUT2D eigenvalue weighted by molar-refractivity contribution is 0.302. The molecule has 3 rings (SSSR count). The van der Waals surface area contributed by atoms with E-state index in [1.165, 1.54) is 0 Å². The van der Waals surface area contributed by atoms with Gasteiger partial charge in [0.15, 0.2) is 0 Å². The number of nitriles is 1. The van der Waals surface area contributed by atoms with E-state index in [-0.39, 0.29) is 0 Å². The first-order valence-corrected chi connectivity index (χ1v) is 11.3. The lowest BCUT2D eigenvalue weighted by atomic mass is 10.0. The Morgan fingerprint density at radius 2 is 1.56 bits per heavy atom. The molecule has 0 saturated heterocycles. The zero-order chi connectivity index (χ0) is 19.2. The molecule has 2 nitrogen and oxygen atoms in total. The molecule has 0 saturated carbocycles. The van der Waals surface area contributed by atoms with Crippen LogP contribution in [0.5, 0.6) is 5.75 Å². The predicted molar refractivity (Wildman–Crippen MR) is 135 cm³/mol. The van der Waals surface area contributed by atoms with Crippen LogP contribution in [-0.4, -0.2) is 0 Å². The summed E-state index contributed by atoms with van der Waals surface area (Å²) in [6.07, 6.45) is 1.92. The Morgan fingerprint density at radius 3 is 2.15 bits per heavy atom. The molecule has 134 valence electrons. The summed E-state index contributed by atoms with van der Waals surface area (Å²) in [6, 6.07) is 24.5. The quantitative estimate of drug-likeness (QED) is 0.162. The van der Waals surface area contributed by atoms with E-state index < -0.39 is 0 Å². The van der Waals surface area contributed by atoms with E-state index in [0.29, 0.717) is 12.2 Å². The number of hydrogen-bond acceptors (Lipinski definition) is 2. The highest BCUT2D eigenvalue weighted by Gasteiger charge is 2.10. The lowest BCUT2D eigenvalue weighted by Crippen LogP contribution is -1.99. The highest BCUT2D eigenvalue weighted by molar-refractivity contribution is 14.1. The van der Waals surface area contributed by atoms with Gasteiger partial charge in [0.25, 0.3) is 0 Å². The molecule has 27 heavy (non-hydrogen) atoms. The highest BCUT2D eigenvalue weighted by atomic mass is 127. The second kappa shape index (κ2) is 9.89. The molecule has 0 aliphatic carbocycles. The van der Waals surface area contributed by atoms with Crippen molar-refractivity contribution >= 4 is 79.4 Å². The van der Waals surface area contributed by atoms with E-state index in [1.54, 1.807) is 0 Å². The van der Waals surface area contributed by atoms with E-state index in [9.17, 15) is 5.26 Å². The third-order valence-electron chi connectivity index (χ3n) is 3.83. The van der Waals surface area contributed by atoms with Gasteiger partial charge >= 0.3 is 0 Å². The SMILES string of the molecule is N#C/C(=C/c1cc(I)c(OCc2ccccc2)c(I)c1)c1ccc(I)cc1. The van der Waals surface area contributed by atoms with Crippen molar-refractivity contribution in [3.05, 3.63) is 94.1 Å². The summed E-state index contributed by atoms with van der Waals surface area (Å²) in [5.41, 5.74) is 3.70. The summed E-state index contributed by atoms with van der Waals surface area (Å²) < 4.78 is 9.25. The van der Waals surface area contributed by atoms with Crippen molar-refractivity contribution in [3.8, 4) is 11.8 Å². The summed E-state index contributed by atoms with van der Waals surface area (Å²) in [5, 5.41) is 9.56. The van der Waals surface area contributed by atoms with Crippen LogP contribution in [0.15, 0.2) is 66.7 Å². The van der Waals surface area contributed by atoms with Gasteiger partial charge in [-0.1, -0.05) is 42.5 Å². The van der Waals surface area contributed by atoms with Crippen LogP contribution in [0.4, 0.5) is 0 Å². The van der Waals surface area contributed by atoms with E-state index in [2.05, 4.69) is 86.0 Å². The Balaban J connectivity index is 1.85. The molecule has 0 spiro atoms. The number of benzene rings is 3. The van der Waals surface area contributed by atoms with Crippen LogP contribution in [-0.2, 0) is 6.61 Å². The van der Waals surface area contributed by atoms with Crippen molar-refractivity contribution in [2.75, 3.05) is 0 Å². The maximum Gasteiger partial charge on any atom is 0.146 e. The fourth-order valence-corrected chi connectivity index (χ4v) is 4.99. The maximum atomic E-state index is 9.56. The summed E-state index contributed by atoms with van der Waals surface area (Å²) in [6.45, 7) is 0.536. The molecule has 0 aliphatic rings. The first-order chi connectivity index (χ1) is 13.1. The van der Waals surface area contributed by atoms with Crippen LogP contribution < -0.4 is 4.74 Å². The van der Waals surface area contributed by atoms with Crippen LogP contribution in [0.1, 0.15) is 16.7 Å². The molecule has 0 radical (unpaired) electrons. The number of nitrogens with zero attached hydrogens (tertiary/aromatic N) is 1. The smallest absolute Gasteiger partial charge is 0.146 e. The number of rotatable bonds is 5. The maximum absolute atomic E-state index is 9.56. The zero-order valence-corrected chi connectivity index (χ0v) is 20.6. The topological polar surface area (TPSA) is 33.0 Å². The van der Waals surface area contributed by atoms with E-state index in [1.807, 2.05) is 60.7 Å². The normalized spacial score (nSPS) is 11.1. The Bertz CT molecular complexity index is 983. The summed E-state index contributed by atoms with van der Waals surface area (Å²) in [4.78, 5) is 0. The molecule has 3 aromatic rings. The molecule has 0 aromatic heterocycles. The van der Waals surface area contributed by atoms with Crippen molar-refractivity contribution in [2.24, 2.45) is 0 Å². The Kier molecular flexibility index (Phi) is 7.55. The van der Waals surface area contributed by atoms with E-state index >= 15 is 0 Å². The number of halogens is 3. The van der Waals surface area contributed by atoms with Gasteiger partial charge in [-0.2, -0.15) is 5.26 Å². The van der Waals surface area contributed by atoms with Crippen molar-refractivity contribution in [2.45, 2.75) is 6.61 Å². The minimum absolute atomic E-state index is 0.536. The monoisotopic (exact) mass is 689 g/mol. The van der Waals surface area contributed by atoms with Gasteiger partial charge in [0, 0.05) is 3.57 Å². The van der Waals surface area contributed by atoms with Gasteiger partial charge < -0.3 is 4.74 Å². The third-order valence-corrected chi connectivity index (χ3v) is 6.16. The van der Waals surface area contributed by atoms with Gasteiger partial charge in [0.2, 0.25) is 0 Å². The second-order valence-electron chi connectivity index (χ2n) is 5.76. The van der Waals surface area contributed by atoms with Gasteiger partial charge in [-0.3, -0.25) is 0 Å². The minimum Gasteiger partial charge on any atom is -0.487 e. The molecule has 0 amide bonds. The lowest BCUT2D eigenvalue weighted by Gasteiger charge is -2.12. The van der Waals surface area contributed by atoms with Gasteiger partial charge in [0.1, 0.15) is 12.4 Å². The molecule has 0 atom stereocenters. The number of hydrogen-bond donors (Lipinski definition) is 0. The summed E-state index contributed by atoms with van der Waals surface area (Å²) in [5.74, 6) is 0.880. The fourth-order valence-electron chi connectivity index (χ4n) is 2.51. The molecular formula is C22H14I3NO. The van der Waals surface area contributed by atoms with Gasteiger partial charge in [-0.05, 0) is 115 Å². The summed E-state index contributed by atoms with van der Waals surface area (Å²) >= 11 is 6.84. The van der Waals surface area contributed by atoms with E-state index in [0.717, 1.165) is 33.2 Å². The molecule has 0 N–H and O–H groups in total. The zero-order valence-electron chi connectivity index (χ0n) is 14.1. The number of ether oxygens (including phenoxy) is 1. The van der Waals surface area contributed by atoms with Crippen molar-refractivity contribution in [1.82, 2.24) is 0 Å². The Morgan fingerprint density at radius 1 is 0.926 bits per heavy atom. The van der Waals surface area contributed by atoms with Crippen LogP contribution in [0, 0.1) is 22.0 Å². The van der Waals surface area contributed by atoms with Crippen LogP contribution in [0.3, 0.4) is 0 Å². The minimum atomic E-state index is 0.536.